The van der Waals surface area contributed by atoms with E-state index in [1.54, 1.807) is 12.1 Å². The summed E-state index contributed by atoms with van der Waals surface area (Å²) >= 11 is 9.00. The number of hydrogen-bond acceptors (Lipinski definition) is 5. The van der Waals surface area contributed by atoms with E-state index in [1.165, 1.54) is 29.6 Å². The average Bonchev–Trinajstić information content (AvgIpc) is 2.60. The third kappa shape index (κ3) is 4.28. The molecule has 0 saturated heterocycles. The van der Waals surface area contributed by atoms with Crippen molar-refractivity contribution in [3.63, 3.8) is 0 Å². The van der Waals surface area contributed by atoms with Gasteiger partial charge in [0, 0.05) is 26.4 Å². The summed E-state index contributed by atoms with van der Waals surface area (Å²) in [6, 6.07) is 20.1. The molecule has 0 aliphatic rings. The van der Waals surface area contributed by atoms with Crippen molar-refractivity contribution in [3.8, 4) is 0 Å². The first-order chi connectivity index (χ1) is 12.0. The summed E-state index contributed by atoms with van der Waals surface area (Å²) in [5.74, 6) is 0. The van der Waals surface area contributed by atoms with E-state index in [2.05, 4.69) is 0 Å². The maximum atomic E-state index is 11.4. The monoisotopic (exact) mass is 388 g/mol. The molecule has 0 atom stereocenters. The van der Waals surface area contributed by atoms with Gasteiger partial charge in [-0.15, -0.1) is 0 Å². The maximum absolute atomic E-state index is 11.4. The molecule has 7 heteroatoms. The largest absolute Gasteiger partial charge is 0.398 e. The smallest absolute Gasteiger partial charge is 0.284 e. The average molecular weight is 389 g/mol. The second-order valence-electron chi connectivity index (χ2n) is 5.06. The molecule has 3 aromatic carbocycles. The van der Waals surface area contributed by atoms with Crippen LogP contribution in [0, 0.1) is 10.1 Å². The minimum absolute atomic E-state index is 0.0318. The Morgan fingerprint density at radius 1 is 0.880 bits per heavy atom. The summed E-state index contributed by atoms with van der Waals surface area (Å²) in [5, 5.41) is 11.8. The quantitative estimate of drug-likeness (QED) is 0.323. The molecule has 0 amide bonds. The van der Waals surface area contributed by atoms with E-state index in [0.717, 1.165) is 14.7 Å². The van der Waals surface area contributed by atoms with Crippen LogP contribution in [0.3, 0.4) is 0 Å². The summed E-state index contributed by atoms with van der Waals surface area (Å²) in [6.07, 6.45) is 0. The Labute approximate surface area is 158 Å². The fraction of sp³-hybridized carbons (Fsp3) is 0. The fourth-order valence-electron chi connectivity index (χ4n) is 2.13. The number of nitrogens with two attached hydrogens (primary N) is 1. The number of nitrogen functional groups attached to an aromatic ring is 1. The van der Waals surface area contributed by atoms with Gasteiger partial charge in [-0.05, 0) is 30.3 Å². The van der Waals surface area contributed by atoms with Crippen LogP contribution in [-0.4, -0.2) is 4.92 Å². The molecule has 3 aromatic rings. The lowest BCUT2D eigenvalue weighted by Crippen LogP contribution is -1.93. The normalized spacial score (nSPS) is 10.6. The molecule has 0 bridgehead atoms. The third-order valence-corrected chi connectivity index (χ3v) is 5.95. The molecule has 0 fully saturated rings. The first kappa shape index (κ1) is 17.7. The van der Waals surface area contributed by atoms with Crippen LogP contribution in [0.25, 0.3) is 0 Å². The van der Waals surface area contributed by atoms with Gasteiger partial charge in [0.2, 0.25) is 0 Å². The lowest BCUT2D eigenvalue weighted by Gasteiger charge is -2.10. The fourth-order valence-corrected chi connectivity index (χ4v) is 4.35. The number of rotatable bonds is 5. The van der Waals surface area contributed by atoms with Crippen LogP contribution in [0.5, 0.6) is 0 Å². The number of benzene rings is 3. The van der Waals surface area contributed by atoms with Crippen molar-refractivity contribution in [2.75, 3.05) is 5.73 Å². The van der Waals surface area contributed by atoms with Gasteiger partial charge in [-0.3, -0.25) is 10.1 Å². The van der Waals surface area contributed by atoms with Crippen molar-refractivity contribution < 1.29 is 4.92 Å². The molecule has 4 nitrogen and oxygen atoms in total. The molecule has 25 heavy (non-hydrogen) atoms. The number of hydrogen-bond donors (Lipinski definition) is 1. The van der Waals surface area contributed by atoms with E-state index in [9.17, 15) is 10.1 Å². The van der Waals surface area contributed by atoms with Gasteiger partial charge in [0.1, 0.15) is 0 Å². The topological polar surface area (TPSA) is 69.2 Å². The third-order valence-electron chi connectivity index (χ3n) is 3.32. The maximum Gasteiger partial charge on any atom is 0.284 e. The lowest BCUT2D eigenvalue weighted by molar-refractivity contribution is -0.387. The van der Waals surface area contributed by atoms with Crippen molar-refractivity contribution in [2.45, 2.75) is 19.6 Å². The van der Waals surface area contributed by atoms with Gasteiger partial charge in [0.25, 0.3) is 5.69 Å². The number of para-hydroxylation sites is 1. The summed E-state index contributed by atoms with van der Waals surface area (Å²) in [4.78, 5) is 14.0. The number of halogens is 1. The Kier molecular flexibility index (Phi) is 5.53. The molecule has 3 rings (SSSR count). The molecule has 0 heterocycles. The molecule has 0 saturated carbocycles. The van der Waals surface area contributed by atoms with Gasteiger partial charge >= 0.3 is 0 Å². The molecule has 0 aliphatic heterocycles. The highest BCUT2D eigenvalue weighted by molar-refractivity contribution is 8.00. The van der Waals surface area contributed by atoms with Crippen LogP contribution < -0.4 is 5.73 Å². The predicted molar refractivity (Wildman–Crippen MR) is 104 cm³/mol. The summed E-state index contributed by atoms with van der Waals surface area (Å²) < 4.78 is 0. The van der Waals surface area contributed by atoms with E-state index < -0.39 is 4.92 Å². The van der Waals surface area contributed by atoms with Gasteiger partial charge in [-0.2, -0.15) is 0 Å². The van der Waals surface area contributed by atoms with Gasteiger partial charge in [0.05, 0.1) is 14.8 Å². The molecule has 0 unspecified atom stereocenters. The second-order valence-corrected chi connectivity index (χ2v) is 7.67. The van der Waals surface area contributed by atoms with Crippen LogP contribution in [0.4, 0.5) is 11.4 Å². The number of anilines is 1. The Balaban J connectivity index is 2.01. The predicted octanol–water partition coefficient (Wildman–Crippen LogP) is 6.13. The number of nitro benzene ring substituents is 1. The SMILES string of the molecule is Nc1ccccc1Sc1cc(Sc2ccccc2)c(Cl)cc1[N+](=O)[O-]. The van der Waals surface area contributed by atoms with Crippen molar-refractivity contribution in [2.24, 2.45) is 0 Å². The van der Waals surface area contributed by atoms with Gasteiger partial charge in [-0.25, -0.2) is 0 Å². The highest BCUT2D eigenvalue weighted by Crippen LogP contribution is 2.43. The van der Waals surface area contributed by atoms with Crippen molar-refractivity contribution in [1.82, 2.24) is 0 Å². The van der Waals surface area contributed by atoms with E-state index in [4.69, 9.17) is 17.3 Å². The Morgan fingerprint density at radius 3 is 2.24 bits per heavy atom. The molecule has 126 valence electrons. The first-order valence-electron chi connectivity index (χ1n) is 7.28. The molecule has 0 radical (unpaired) electrons. The van der Waals surface area contributed by atoms with Crippen molar-refractivity contribution >= 4 is 46.5 Å². The number of nitrogens with zero attached hydrogens (tertiary/aromatic N) is 1. The molecular weight excluding hydrogens is 376 g/mol. The molecule has 0 aliphatic carbocycles. The van der Waals surface area contributed by atoms with E-state index in [1.807, 2.05) is 48.5 Å². The zero-order valence-corrected chi connectivity index (χ0v) is 15.3. The second kappa shape index (κ2) is 7.82. The summed E-state index contributed by atoms with van der Waals surface area (Å²) in [6.45, 7) is 0. The zero-order valence-electron chi connectivity index (χ0n) is 12.9. The Bertz CT molecular complexity index is 920. The summed E-state index contributed by atoms with van der Waals surface area (Å²) in [7, 11) is 0. The summed E-state index contributed by atoms with van der Waals surface area (Å²) in [5.41, 5.74) is 6.51. The van der Waals surface area contributed by atoms with E-state index in [-0.39, 0.29) is 5.69 Å². The lowest BCUT2D eigenvalue weighted by atomic mass is 10.3. The highest BCUT2D eigenvalue weighted by atomic mass is 35.5. The molecule has 0 aromatic heterocycles. The Morgan fingerprint density at radius 2 is 1.56 bits per heavy atom. The molecule has 2 N–H and O–H groups in total. The van der Waals surface area contributed by atoms with Gasteiger partial charge in [0.15, 0.2) is 0 Å². The van der Waals surface area contributed by atoms with Crippen LogP contribution >= 0.6 is 35.1 Å². The minimum Gasteiger partial charge on any atom is -0.398 e. The minimum atomic E-state index is -0.426. The van der Waals surface area contributed by atoms with Gasteiger partial charge in [-0.1, -0.05) is 65.5 Å². The standard InChI is InChI=1S/C18H13ClN2O2S2/c19-13-10-15(21(22)23)18(25-16-9-5-4-8-14(16)20)11-17(13)24-12-6-2-1-3-7-12/h1-11H,20H2. The Hall–Kier alpha value is -2.15. The zero-order chi connectivity index (χ0) is 17.8. The molecule has 0 spiro atoms. The van der Waals surface area contributed by atoms with Crippen LogP contribution in [0.1, 0.15) is 0 Å². The molecular formula is C18H13ClN2O2S2. The highest BCUT2D eigenvalue weighted by Gasteiger charge is 2.20. The van der Waals surface area contributed by atoms with Gasteiger partial charge < -0.3 is 5.73 Å². The number of nitro groups is 1. The first-order valence-corrected chi connectivity index (χ1v) is 9.29. The van der Waals surface area contributed by atoms with Crippen molar-refractivity contribution in [1.29, 1.82) is 0 Å². The van der Waals surface area contributed by atoms with Crippen LogP contribution in [-0.2, 0) is 0 Å². The van der Waals surface area contributed by atoms with Crippen molar-refractivity contribution in [3.05, 3.63) is 81.9 Å². The van der Waals surface area contributed by atoms with E-state index >= 15 is 0 Å². The van der Waals surface area contributed by atoms with E-state index in [0.29, 0.717) is 15.6 Å². The van der Waals surface area contributed by atoms with Crippen LogP contribution in [0.15, 0.2) is 86.3 Å². The van der Waals surface area contributed by atoms with Crippen LogP contribution in [0.2, 0.25) is 5.02 Å².